The van der Waals surface area contributed by atoms with Gasteiger partial charge in [0.25, 0.3) is 0 Å². The topological polar surface area (TPSA) is 58.6 Å². The van der Waals surface area contributed by atoms with Gasteiger partial charge in [-0.25, -0.2) is 0 Å². The number of rotatable bonds is 5. The molecule has 0 aliphatic carbocycles. The Morgan fingerprint density at radius 1 is 1.12 bits per heavy atom. The first-order valence-electron chi connectivity index (χ1n) is 7.98. The summed E-state index contributed by atoms with van der Waals surface area (Å²) in [7, 11) is 1.74. The average molecular weight is 324 g/mol. The third kappa shape index (κ3) is 3.40. The van der Waals surface area contributed by atoms with E-state index in [4.69, 9.17) is 4.74 Å². The van der Waals surface area contributed by atoms with Gasteiger partial charge in [-0.3, -0.25) is 9.59 Å². The fraction of sp³-hybridized carbons (Fsp3) is 0.263. The quantitative estimate of drug-likeness (QED) is 0.918. The molecule has 0 bridgehead atoms. The van der Waals surface area contributed by atoms with Crippen LogP contribution >= 0.6 is 0 Å². The Labute approximate surface area is 141 Å². The summed E-state index contributed by atoms with van der Waals surface area (Å²) in [6.45, 7) is 0.663. The molecule has 124 valence electrons. The highest BCUT2D eigenvalue weighted by Gasteiger charge is 2.29. The molecule has 0 unspecified atom stereocenters. The largest absolute Gasteiger partial charge is 0.492 e. The van der Waals surface area contributed by atoms with Gasteiger partial charge in [0.05, 0.1) is 0 Å². The van der Waals surface area contributed by atoms with E-state index >= 15 is 0 Å². The Bertz CT molecular complexity index is 730. The minimum atomic E-state index is -0.303. The van der Waals surface area contributed by atoms with Crippen LogP contribution in [-0.2, 0) is 9.59 Å². The molecule has 2 aromatic carbocycles. The van der Waals surface area contributed by atoms with Crippen LogP contribution < -0.4 is 15.0 Å². The van der Waals surface area contributed by atoms with Gasteiger partial charge in [0.1, 0.15) is 18.3 Å². The number of ether oxygens (including phenoxy) is 1. The lowest BCUT2D eigenvalue weighted by Gasteiger charge is -2.17. The maximum atomic E-state index is 12.3. The van der Waals surface area contributed by atoms with Gasteiger partial charge in [-0.2, -0.15) is 0 Å². The molecular weight excluding hydrogens is 304 g/mol. The van der Waals surface area contributed by atoms with Crippen molar-refractivity contribution in [2.45, 2.75) is 12.3 Å². The maximum absolute atomic E-state index is 12.3. The lowest BCUT2D eigenvalue weighted by atomic mass is 10.0. The summed E-state index contributed by atoms with van der Waals surface area (Å²) in [5, 5.41) is 2.84. The van der Waals surface area contributed by atoms with E-state index < -0.39 is 0 Å². The Morgan fingerprint density at radius 2 is 1.83 bits per heavy atom. The number of nitrogens with zero attached hydrogens (tertiary/aromatic N) is 1. The summed E-state index contributed by atoms with van der Waals surface area (Å²) in [6.07, 6.45) is 0.256. The standard InChI is InChI=1S/C19H20N2O3/c1-21(14-7-3-2-4-8-14)18(22)11-12-20-19(23)16-13-24-17-10-6-5-9-15(16)17/h2-10,16H,11-13H2,1H3,(H,20,23)/t16-/m0/s1. The van der Waals surface area contributed by atoms with Gasteiger partial charge >= 0.3 is 0 Å². The van der Waals surface area contributed by atoms with Crippen molar-refractivity contribution in [3.63, 3.8) is 0 Å². The Balaban J connectivity index is 1.50. The van der Waals surface area contributed by atoms with Crippen molar-refractivity contribution >= 4 is 17.5 Å². The molecule has 0 aromatic heterocycles. The van der Waals surface area contributed by atoms with Crippen molar-refractivity contribution < 1.29 is 14.3 Å². The van der Waals surface area contributed by atoms with E-state index in [2.05, 4.69) is 5.32 Å². The third-order valence-electron chi connectivity index (χ3n) is 4.17. The number of carbonyl (C=O) groups is 2. The minimum absolute atomic E-state index is 0.0374. The summed E-state index contributed by atoms with van der Waals surface area (Å²) in [5.41, 5.74) is 1.75. The number of para-hydroxylation sites is 2. The lowest BCUT2D eigenvalue weighted by Crippen LogP contribution is -2.34. The molecule has 5 heteroatoms. The first-order chi connectivity index (χ1) is 11.7. The molecule has 0 fully saturated rings. The van der Waals surface area contributed by atoms with Gasteiger partial charge in [-0.1, -0.05) is 36.4 Å². The second-order valence-corrected chi connectivity index (χ2v) is 5.73. The summed E-state index contributed by atoms with van der Waals surface area (Å²) in [5.74, 6) is 0.320. The molecule has 1 atom stereocenters. The highest BCUT2D eigenvalue weighted by molar-refractivity contribution is 5.93. The zero-order chi connectivity index (χ0) is 16.9. The lowest BCUT2D eigenvalue weighted by molar-refractivity contribution is -0.123. The number of hydrogen-bond acceptors (Lipinski definition) is 3. The van der Waals surface area contributed by atoms with E-state index in [1.54, 1.807) is 11.9 Å². The molecule has 3 rings (SSSR count). The molecule has 24 heavy (non-hydrogen) atoms. The van der Waals surface area contributed by atoms with Crippen LogP contribution in [0.15, 0.2) is 54.6 Å². The van der Waals surface area contributed by atoms with Crippen molar-refractivity contribution in [1.29, 1.82) is 0 Å². The first-order valence-corrected chi connectivity index (χ1v) is 7.98. The molecule has 1 aliphatic rings. The van der Waals surface area contributed by atoms with Crippen LogP contribution in [0.3, 0.4) is 0 Å². The van der Waals surface area contributed by atoms with Crippen LogP contribution in [0.1, 0.15) is 17.9 Å². The second kappa shape index (κ2) is 7.17. The normalized spacial score (nSPS) is 15.3. The Kier molecular flexibility index (Phi) is 4.79. The first kappa shape index (κ1) is 16.1. The highest BCUT2D eigenvalue weighted by atomic mass is 16.5. The zero-order valence-electron chi connectivity index (χ0n) is 13.6. The van der Waals surface area contributed by atoms with Crippen molar-refractivity contribution in [3.05, 3.63) is 60.2 Å². The van der Waals surface area contributed by atoms with Crippen molar-refractivity contribution in [3.8, 4) is 5.75 Å². The summed E-state index contributed by atoms with van der Waals surface area (Å²) in [4.78, 5) is 26.1. The molecule has 5 nitrogen and oxygen atoms in total. The number of anilines is 1. The molecule has 0 spiro atoms. The van der Waals surface area contributed by atoms with Crippen LogP contribution in [0, 0.1) is 0 Å². The number of fused-ring (bicyclic) bond motifs is 1. The second-order valence-electron chi connectivity index (χ2n) is 5.73. The smallest absolute Gasteiger partial charge is 0.231 e. The van der Waals surface area contributed by atoms with E-state index in [1.807, 2.05) is 54.6 Å². The predicted molar refractivity (Wildman–Crippen MR) is 92.2 cm³/mol. The SMILES string of the molecule is CN(C(=O)CCNC(=O)[C@H]1COc2ccccc21)c1ccccc1. The number of hydrogen-bond donors (Lipinski definition) is 1. The van der Waals surface area contributed by atoms with E-state index in [0.717, 1.165) is 17.0 Å². The fourth-order valence-electron chi connectivity index (χ4n) is 2.76. The Hall–Kier alpha value is -2.82. The molecule has 0 saturated heterocycles. The molecule has 0 radical (unpaired) electrons. The van der Waals surface area contributed by atoms with Crippen LogP contribution in [-0.4, -0.2) is 32.0 Å². The van der Waals surface area contributed by atoms with E-state index in [0.29, 0.717) is 13.2 Å². The number of benzene rings is 2. The molecule has 0 saturated carbocycles. The Morgan fingerprint density at radius 3 is 2.62 bits per heavy atom. The van der Waals surface area contributed by atoms with Crippen molar-refractivity contribution in [1.82, 2.24) is 5.32 Å². The summed E-state index contributed by atoms with van der Waals surface area (Å²) in [6, 6.07) is 17.0. The van der Waals surface area contributed by atoms with E-state index in [-0.39, 0.29) is 24.2 Å². The van der Waals surface area contributed by atoms with Gasteiger partial charge in [-0.05, 0) is 18.2 Å². The van der Waals surface area contributed by atoms with Gasteiger partial charge in [0, 0.05) is 31.3 Å². The summed E-state index contributed by atoms with van der Waals surface area (Å²) >= 11 is 0. The number of amides is 2. The van der Waals surface area contributed by atoms with Crippen LogP contribution in [0.5, 0.6) is 5.75 Å². The van der Waals surface area contributed by atoms with Gasteiger partial charge in [0.2, 0.25) is 11.8 Å². The molecule has 2 aromatic rings. The number of nitrogens with one attached hydrogen (secondary N) is 1. The summed E-state index contributed by atoms with van der Waals surface area (Å²) < 4.78 is 5.52. The van der Waals surface area contributed by atoms with Gasteiger partial charge < -0.3 is 15.0 Å². The van der Waals surface area contributed by atoms with Crippen molar-refractivity contribution in [2.75, 3.05) is 25.1 Å². The monoisotopic (exact) mass is 324 g/mol. The molecule has 1 aliphatic heterocycles. The van der Waals surface area contributed by atoms with Gasteiger partial charge in [-0.15, -0.1) is 0 Å². The maximum Gasteiger partial charge on any atom is 0.231 e. The average Bonchev–Trinajstić information content (AvgIpc) is 3.06. The van der Waals surface area contributed by atoms with Crippen molar-refractivity contribution in [2.24, 2.45) is 0 Å². The van der Waals surface area contributed by atoms with Crippen LogP contribution in [0.4, 0.5) is 5.69 Å². The van der Waals surface area contributed by atoms with Crippen LogP contribution in [0.2, 0.25) is 0 Å². The highest BCUT2D eigenvalue weighted by Crippen LogP contribution is 2.33. The molecule has 1 heterocycles. The fourth-order valence-corrected chi connectivity index (χ4v) is 2.76. The van der Waals surface area contributed by atoms with Crippen LogP contribution in [0.25, 0.3) is 0 Å². The zero-order valence-corrected chi connectivity index (χ0v) is 13.6. The molecular formula is C19H20N2O3. The minimum Gasteiger partial charge on any atom is -0.492 e. The predicted octanol–water partition coefficient (Wildman–Crippen LogP) is 2.33. The number of carbonyl (C=O) groups excluding carboxylic acids is 2. The van der Waals surface area contributed by atoms with E-state index in [9.17, 15) is 9.59 Å². The molecule has 2 amide bonds. The van der Waals surface area contributed by atoms with Gasteiger partial charge in [0.15, 0.2) is 0 Å². The molecule has 1 N–H and O–H groups in total. The third-order valence-corrected chi connectivity index (χ3v) is 4.17. The van der Waals surface area contributed by atoms with E-state index in [1.165, 1.54) is 0 Å².